The molecule has 4 nitrogen and oxygen atoms in total. The van der Waals surface area contributed by atoms with Crippen molar-refractivity contribution in [1.82, 2.24) is 0 Å². The number of carbonyl (C=O) groups is 2. The van der Waals surface area contributed by atoms with Crippen LogP contribution in [-0.4, -0.2) is 42.5 Å². The van der Waals surface area contributed by atoms with Gasteiger partial charge in [0.15, 0.2) is 0 Å². The van der Waals surface area contributed by atoms with Gasteiger partial charge >= 0.3 is 11.9 Å². The maximum Gasteiger partial charge on any atom is 0.332 e. The van der Waals surface area contributed by atoms with E-state index in [1.54, 1.807) is 0 Å². The third-order valence-electron chi connectivity index (χ3n) is 2.07. The van der Waals surface area contributed by atoms with Gasteiger partial charge in [0.1, 0.15) is 0 Å². The summed E-state index contributed by atoms with van der Waals surface area (Å²) < 4.78 is 0. The monoisotopic (exact) mass is 512 g/mol. The molecule has 0 rings (SSSR count). The molecule has 0 radical (unpaired) electrons. The van der Waals surface area contributed by atoms with Crippen molar-refractivity contribution >= 4 is 75.7 Å². The van der Waals surface area contributed by atoms with Gasteiger partial charge in [-0.25, -0.2) is 9.59 Å². The second-order valence-corrected chi connectivity index (χ2v) is 7.36. The highest BCUT2D eigenvalue weighted by atomic mass is 79.9. The van der Waals surface area contributed by atoms with Crippen molar-refractivity contribution in [3.05, 3.63) is 11.1 Å². The molecule has 0 aliphatic rings. The predicted octanol–water partition coefficient (Wildman–Crippen LogP) is 3.55. The standard InChI is InChI=1S/C10H12Br4O4/c11-3-5(13)1-7(9(15)16)8(10(17)18)2-6(14)4-12/h5-6H,1-4H2,(H,15,16)(H,17,18)/b8-7+. The SMILES string of the molecule is O=C(O)/C(CC(Br)CBr)=C(\CC(Br)CBr)C(=O)O. The van der Waals surface area contributed by atoms with Gasteiger partial charge in [0.2, 0.25) is 0 Å². The molecule has 0 saturated carbocycles. The third-order valence-corrected chi connectivity index (χ3v) is 6.66. The molecule has 0 saturated heterocycles. The second-order valence-electron chi connectivity index (χ2n) is 3.48. The first-order chi connectivity index (χ1) is 8.33. The van der Waals surface area contributed by atoms with Crippen LogP contribution in [0.5, 0.6) is 0 Å². The Bertz CT molecular complexity index is 311. The number of halogens is 4. The highest BCUT2D eigenvalue weighted by molar-refractivity contribution is 9.12. The highest BCUT2D eigenvalue weighted by Gasteiger charge is 2.24. The fourth-order valence-corrected chi connectivity index (χ4v) is 2.34. The van der Waals surface area contributed by atoms with Crippen molar-refractivity contribution in [1.29, 1.82) is 0 Å². The summed E-state index contributed by atoms with van der Waals surface area (Å²) in [6.07, 6.45) is 0.314. The molecule has 0 aromatic rings. The van der Waals surface area contributed by atoms with Crippen LogP contribution in [0.2, 0.25) is 0 Å². The average molecular weight is 516 g/mol. The molecule has 0 aromatic heterocycles. The van der Waals surface area contributed by atoms with Crippen molar-refractivity contribution in [2.24, 2.45) is 0 Å². The molecule has 2 N–H and O–H groups in total. The van der Waals surface area contributed by atoms with Crippen molar-refractivity contribution in [3.63, 3.8) is 0 Å². The van der Waals surface area contributed by atoms with Gasteiger partial charge in [-0.05, 0) is 12.8 Å². The Labute approximate surface area is 139 Å². The molecule has 2 atom stereocenters. The molecule has 0 heterocycles. The van der Waals surface area contributed by atoms with Gasteiger partial charge in [-0.3, -0.25) is 0 Å². The fraction of sp³-hybridized carbons (Fsp3) is 0.600. The van der Waals surface area contributed by atoms with Crippen LogP contribution < -0.4 is 0 Å². The summed E-state index contributed by atoms with van der Waals surface area (Å²) in [4.78, 5) is 22.1. The van der Waals surface area contributed by atoms with Gasteiger partial charge < -0.3 is 10.2 Å². The molecule has 0 aliphatic carbocycles. The number of alkyl halides is 4. The Morgan fingerprint density at radius 3 is 1.28 bits per heavy atom. The van der Waals surface area contributed by atoms with Gasteiger partial charge in [-0.1, -0.05) is 63.7 Å². The molecule has 0 aliphatic heterocycles. The topological polar surface area (TPSA) is 74.6 Å². The molecule has 18 heavy (non-hydrogen) atoms. The van der Waals surface area contributed by atoms with Gasteiger partial charge in [0.25, 0.3) is 0 Å². The number of aliphatic carboxylic acids is 2. The Hall–Kier alpha value is 0.600. The summed E-state index contributed by atoms with van der Waals surface area (Å²) in [6.45, 7) is 0. The number of hydrogen-bond donors (Lipinski definition) is 2. The lowest BCUT2D eigenvalue weighted by molar-refractivity contribution is -0.136. The van der Waals surface area contributed by atoms with Crippen LogP contribution in [0.25, 0.3) is 0 Å². The summed E-state index contributed by atoms with van der Waals surface area (Å²) in [6, 6.07) is 0. The highest BCUT2D eigenvalue weighted by Crippen LogP contribution is 2.24. The van der Waals surface area contributed by atoms with Crippen LogP contribution in [0, 0.1) is 0 Å². The minimum Gasteiger partial charge on any atom is -0.478 e. The van der Waals surface area contributed by atoms with Crippen LogP contribution in [0.4, 0.5) is 0 Å². The molecule has 8 heteroatoms. The van der Waals surface area contributed by atoms with E-state index in [1.165, 1.54) is 0 Å². The van der Waals surface area contributed by atoms with Crippen LogP contribution in [0.1, 0.15) is 12.8 Å². The fourth-order valence-electron chi connectivity index (χ4n) is 1.23. The first-order valence-electron chi connectivity index (χ1n) is 4.92. The summed E-state index contributed by atoms with van der Waals surface area (Å²) in [7, 11) is 0. The summed E-state index contributed by atoms with van der Waals surface area (Å²) in [5, 5.41) is 19.4. The summed E-state index contributed by atoms with van der Waals surface area (Å²) in [5.74, 6) is -2.38. The van der Waals surface area contributed by atoms with Gasteiger partial charge in [0.05, 0.1) is 0 Å². The molecule has 0 spiro atoms. The normalized spacial score (nSPS) is 15.8. The molecular formula is C10H12Br4O4. The van der Waals surface area contributed by atoms with E-state index >= 15 is 0 Å². The molecule has 0 bridgehead atoms. The zero-order valence-electron chi connectivity index (χ0n) is 9.21. The maximum atomic E-state index is 11.2. The Kier molecular flexibility index (Phi) is 9.81. The average Bonchev–Trinajstić information content (AvgIpc) is 2.31. The van der Waals surface area contributed by atoms with Crippen molar-refractivity contribution in [3.8, 4) is 0 Å². The minimum atomic E-state index is -1.19. The molecule has 2 unspecified atom stereocenters. The minimum absolute atomic E-state index is 0.0609. The molecule has 0 fully saturated rings. The van der Waals surface area contributed by atoms with Crippen molar-refractivity contribution in [2.75, 3.05) is 10.7 Å². The first-order valence-corrected chi connectivity index (χ1v) is 8.99. The van der Waals surface area contributed by atoms with Crippen LogP contribution in [0.15, 0.2) is 11.1 Å². The van der Waals surface area contributed by atoms with Gasteiger partial charge in [0, 0.05) is 31.5 Å². The lowest BCUT2D eigenvalue weighted by atomic mass is 10.00. The molecule has 0 aromatic carbocycles. The lowest BCUT2D eigenvalue weighted by Crippen LogP contribution is -2.18. The quantitative estimate of drug-likeness (QED) is 0.383. The molecular weight excluding hydrogens is 504 g/mol. The van der Waals surface area contributed by atoms with Crippen LogP contribution >= 0.6 is 63.7 Å². The largest absolute Gasteiger partial charge is 0.478 e. The van der Waals surface area contributed by atoms with Gasteiger partial charge in [-0.2, -0.15) is 0 Å². The Balaban J connectivity index is 5.29. The van der Waals surface area contributed by atoms with E-state index < -0.39 is 11.9 Å². The van der Waals surface area contributed by atoms with Crippen LogP contribution in [0.3, 0.4) is 0 Å². The van der Waals surface area contributed by atoms with Crippen molar-refractivity contribution < 1.29 is 19.8 Å². The lowest BCUT2D eigenvalue weighted by Gasteiger charge is -2.13. The first kappa shape index (κ1) is 18.6. The van der Waals surface area contributed by atoms with E-state index in [9.17, 15) is 9.59 Å². The van der Waals surface area contributed by atoms with E-state index in [0.29, 0.717) is 10.7 Å². The molecule has 0 amide bonds. The van der Waals surface area contributed by atoms with E-state index in [4.69, 9.17) is 10.2 Å². The van der Waals surface area contributed by atoms with E-state index in [0.717, 1.165) is 0 Å². The number of carboxylic acid groups (broad SMARTS) is 2. The molecule has 104 valence electrons. The Morgan fingerprint density at radius 2 is 1.11 bits per heavy atom. The Morgan fingerprint density at radius 1 is 0.833 bits per heavy atom. The predicted molar refractivity (Wildman–Crippen MR) is 84.5 cm³/mol. The van der Waals surface area contributed by atoms with Crippen LogP contribution in [-0.2, 0) is 9.59 Å². The number of hydrogen-bond acceptors (Lipinski definition) is 2. The van der Waals surface area contributed by atoms with Gasteiger partial charge in [-0.15, -0.1) is 0 Å². The number of carboxylic acids is 2. The smallest absolute Gasteiger partial charge is 0.332 e. The van der Waals surface area contributed by atoms with Crippen molar-refractivity contribution in [2.45, 2.75) is 22.5 Å². The van der Waals surface area contributed by atoms with E-state index in [2.05, 4.69) is 63.7 Å². The summed E-state index contributed by atoms with van der Waals surface area (Å²) in [5.41, 5.74) is -0.122. The summed E-state index contributed by atoms with van der Waals surface area (Å²) >= 11 is 13.0. The maximum absolute atomic E-state index is 11.2. The second kappa shape index (κ2) is 9.50. The zero-order valence-corrected chi connectivity index (χ0v) is 15.5. The van der Waals surface area contributed by atoms with E-state index in [-0.39, 0.29) is 33.6 Å². The zero-order chi connectivity index (χ0) is 14.3. The number of rotatable bonds is 8. The van der Waals surface area contributed by atoms with E-state index in [1.807, 2.05) is 0 Å². The third kappa shape index (κ3) is 6.68.